The van der Waals surface area contributed by atoms with Gasteiger partial charge in [-0.3, -0.25) is 14.7 Å². The van der Waals surface area contributed by atoms with Crippen LogP contribution in [0, 0.1) is 5.92 Å². The third-order valence-electron chi connectivity index (χ3n) is 5.03. The van der Waals surface area contributed by atoms with Crippen molar-refractivity contribution in [1.82, 2.24) is 20.4 Å². The molecule has 6 nitrogen and oxygen atoms in total. The van der Waals surface area contributed by atoms with Crippen LogP contribution < -0.4 is 10.6 Å². The number of rotatable bonds is 13. The Morgan fingerprint density at radius 3 is 2.39 bits per heavy atom. The van der Waals surface area contributed by atoms with Crippen molar-refractivity contribution in [2.75, 3.05) is 46.8 Å². The van der Waals surface area contributed by atoms with Crippen molar-refractivity contribution in [2.45, 2.75) is 33.2 Å². The number of amides is 1. The average Bonchev–Trinajstić information content (AvgIpc) is 2.73. The molecule has 0 saturated heterocycles. The zero-order chi connectivity index (χ0) is 23.2. The van der Waals surface area contributed by atoms with Gasteiger partial charge in [-0.25, -0.2) is 0 Å². The molecule has 172 valence electrons. The second kappa shape index (κ2) is 14.4. The summed E-state index contributed by atoms with van der Waals surface area (Å²) in [5, 5.41) is 6.75. The van der Waals surface area contributed by atoms with Crippen LogP contribution in [-0.2, 0) is 6.42 Å². The van der Waals surface area contributed by atoms with Gasteiger partial charge in [-0.1, -0.05) is 38.1 Å². The van der Waals surface area contributed by atoms with Crippen LogP contribution in [0.15, 0.2) is 54.6 Å². The summed E-state index contributed by atoms with van der Waals surface area (Å²) in [6.45, 7) is 18.1. The van der Waals surface area contributed by atoms with Crippen LogP contribution >= 0.6 is 0 Å². The van der Waals surface area contributed by atoms with Crippen LogP contribution in [0.25, 0.3) is 0 Å². The smallest absolute Gasteiger partial charge is 0.253 e. The van der Waals surface area contributed by atoms with E-state index in [-0.39, 0.29) is 5.91 Å². The standard InChI is InChI=1S/C25H41N5O/c1-8-16-30(17-9-2)23(20(4)5)19-28-25(26-10-3)27-15-14-21-12-11-13-22(18-21)24(31)29(6)7/h8-9,11-13,18,20,23H,1-2,10,14-17,19H2,3-7H3,(H2,26,27,28). The van der Waals surface area contributed by atoms with Gasteiger partial charge < -0.3 is 15.5 Å². The third-order valence-corrected chi connectivity index (χ3v) is 5.03. The predicted octanol–water partition coefficient (Wildman–Crippen LogP) is 3.18. The summed E-state index contributed by atoms with van der Waals surface area (Å²) < 4.78 is 0. The maximum Gasteiger partial charge on any atom is 0.253 e. The molecule has 0 spiro atoms. The first kappa shape index (κ1) is 26.4. The molecular formula is C25H41N5O. The summed E-state index contributed by atoms with van der Waals surface area (Å²) in [5.41, 5.74) is 1.84. The summed E-state index contributed by atoms with van der Waals surface area (Å²) in [7, 11) is 3.54. The number of hydrogen-bond donors (Lipinski definition) is 2. The lowest BCUT2D eigenvalue weighted by Crippen LogP contribution is -2.43. The molecule has 1 aromatic carbocycles. The number of guanidine groups is 1. The molecule has 6 heteroatoms. The average molecular weight is 428 g/mol. The fourth-order valence-electron chi connectivity index (χ4n) is 3.39. The molecule has 2 N–H and O–H groups in total. The topological polar surface area (TPSA) is 60.0 Å². The van der Waals surface area contributed by atoms with E-state index in [9.17, 15) is 4.79 Å². The lowest BCUT2D eigenvalue weighted by atomic mass is 10.0. The van der Waals surface area contributed by atoms with Gasteiger partial charge in [0.05, 0.1) is 6.54 Å². The summed E-state index contributed by atoms with van der Waals surface area (Å²) in [6, 6.07) is 8.11. The van der Waals surface area contributed by atoms with E-state index in [1.165, 1.54) is 0 Å². The Balaban J connectivity index is 2.77. The predicted molar refractivity (Wildman–Crippen MR) is 133 cm³/mol. The van der Waals surface area contributed by atoms with E-state index in [0.717, 1.165) is 44.1 Å². The lowest BCUT2D eigenvalue weighted by Gasteiger charge is -2.32. The quantitative estimate of drug-likeness (QED) is 0.288. The highest BCUT2D eigenvalue weighted by Crippen LogP contribution is 2.12. The Bertz CT molecular complexity index is 716. The first-order valence-corrected chi connectivity index (χ1v) is 11.1. The zero-order valence-electron chi connectivity index (χ0n) is 20.0. The van der Waals surface area contributed by atoms with Gasteiger partial charge in [0.1, 0.15) is 0 Å². The fourth-order valence-corrected chi connectivity index (χ4v) is 3.39. The molecular weight excluding hydrogens is 386 g/mol. The Kier molecular flexibility index (Phi) is 12.3. The van der Waals surface area contributed by atoms with E-state index in [0.29, 0.717) is 24.1 Å². The summed E-state index contributed by atoms with van der Waals surface area (Å²) in [4.78, 5) is 21.0. The van der Waals surface area contributed by atoms with Crippen molar-refractivity contribution in [3.8, 4) is 0 Å². The highest BCUT2D eigenvalue weighted by atomic mass is 16.2. The van der Waals surface area contributed by atoms with Crippen LogP contribution in [0.3, 0.4) is 0 Å². The molecule has 1 atom stereocenters. The Morgan fingerprint density at radius 2 is 1.84 bits per heavy atom. The maximum atomic E-state index is 12.2. The van der Waals surface area contributed by atoms with Gasteiger partial charge in [0.2, 0.25) is 0 Å². The number of aliphatic imine (C=N–C) groups is 1. The minimum atomic E-state index is 0.0213. The Morgan fingerprint density at radius 1 is 1.16 bits per heavy atom. The van der Waals surface area contributed by atoms with Gasteiger partial charge in [-0.05, 0) is 37.0 Å². The number of nitrogens with zero attached hydrogens (tertiary/aromatic N) is 3. The third kappa shape index (κ3) is 9.39. The van der Waals surface area contributed by atoms with Gasteiger partial charge in [0, 0.05) is 51.9 Å². The van der Waals surface area contributed by atoms with E-state index < -0.39 is 0 Å². The molecule has 0 radical (unpaired) electrons. The second-order valence-corrected chi connectivity index (χ2v) is 8.14. The lowest BCUT2D eigenvalue weighted by molar-refractivity contribution is 0.0827. The Labute approximate surface area is 189 Å². The van der Waals surface area contributed by atoms with Crippen LogP contribution in [0.5, 0.6) is 0 Å². The van der Waals surface area contributed by atoms with Gasteiger partial charge in [0.15, 0.2) is 5.96 Å². The van der Waals surface area contributed by atoms with Crippen LogP contribution in [0.4, 0.5) is 0 Å². The van der Waals surface area contributed by atoms with Crippen LogP contribution in [0.1, 0.15) is 36.7 Å². The van der Waals surface area contributed by atoms with Crippen molar-refractivity contribution in [3.63, 3.8) is 0 Å². The molecule has 0 aromatic heterocycles. The van der Waals surface area contributed by atoms with Crippen molar-refractivity contribution in [3.05, 3.63) is 60.7 Å². The molecule has 0 aliphatic carbocycles. The van der Waals surface area contributed by atoms with Crippen molar-refractivity contribution in [2.24, 2.45) is 10.9 Å². The molecule has 0 saturated carbocycles. The molecule has 0 aliphatic heterocycles. The minimum Gasteiger partial charge on any atom is -0.357 e. The van der Waals surface area contributed by atoms with Crippen molar-refractivity contribution in [1.29, 1.82) is 0 Å². The first-order chi connectivity index (χ1) is 14.8. The number of benzene rings is 1. The number of carbonyl (C=O) groups is 1. The Hall–Kier alpha value is -2.60. The maximum absolute atomic E-state index is 12.2. The van der Waals surface area contributed by atoms with E-state index in [2.05, 4.69) is 55.5 Å². The highest BCUT2D eigenvalue weighted by Gasteiger charge is 2.20. The second-order valence-electron chi connectivity index (χ2n) is 8.14. The van der Waals surface area contributed by atoms with Crippen LogP contribution in [0.2, 0.25) is 0 Å². The molecule has 0 heterocycles. The minimum absolute atomic E-state index is 0.0213. The number of hydrogen-bond acceptors (Lipinski definition) is 3. The monoisotopic (exact) mass is 427 g/mol. The van der Waals surface area contributed by atoms with E-state index in [4.69, 9.17) is 4.99 Å². The normalized spacial score (nSPS) is 12.5. The molecule has 31 heavy (non-hydrogen) atoms. The van der Waals surface area contributed by atoms with E-state index in [1.54, 1.807) is 19.0 Å². The zero-order valence-corrected chi connectivity index (χ0v) is 20.0. The summed E-state index contributed by atoms with van der Waals surface area (Å²) >= 11 is 0. The molecule has 1 aromatic rings. The van der Waals surface area contributed by atoms with Crippen molar-refractivity contribution < 1.29 is 4.79 Å². The molecule has 1 unspecified atom stereocenters. The van der Waals surface area contributed by atoms with E-state index >= 15 is 0 Å². The fraction of sp³-hybridized carbons (Fsp3) is 0.520. The van der Waals surface area contributed by atoms with E-state index in [1.807, 2.05) is 30.4 Å². The number of nitrogens with one attached hydrogen (secondary N) is 2. The first-order valence-electron chi connectivity index (χ1n) is 11.1. The number of carbonyl (C=O) groups excluding carboxylic acids is 1. The molecule has 0 fully saturated rings. The molecule has 1 rings (SSSR count). The van der Waals surface area contributed by atoms with Crippen LogP contribution in [-0.4, -0.2) is 74.5 Å². The largest absolute Gasteiger partial charge is 0.357 e. The van der Waals surface area contributed by atoms with Gasteiger partial charge in [-0.15, -0.1) is 13.2 Å². The summed E-state index contributed by atoms with van der Waals surface area (Å²) in [6.07, 6.45) is 4.67. The molecule has 1 amide bonds. The SMILES string of the molecule is C=CCN(CC=C)C(CN=C(NCC)NCCc1cccc(C(=O)N(C)C)c1)C(C)C. The van der Waals surface area contributed by atoms with Crippen molar-refractivity contribution >= 4 is 11.9 Å². The van der Waals surface area contributed by atoms with Gasteiger partial charge in [-0.2, -0.15) is 0 Å². The van der Waals surface area contributed by atoms with Gasteiger partial charge >= 0.3 is 0 Å². The highest BCUT2D eigenvalue weighted by molar-refractivity contribution is 5.94. The molecule has 0 bridgehead atoms. The summed E-state index contributed by atoms with van der Waals surface area (Å²) in [5.74, 6) is 1.29. The molecule has 0 aliphatic rings. The van der Waals surface area contributed by atoms with Gasteiger partial charge in [0.25, 0.3) is 5.91 Å².